The summed E-state index contributed by atoms with van der Waals surface area (Å²) in [5.41, 5.74) is -0.663. The zero-order chi connectivity index (χ0) is 12.3. The van der Waals surface area contributed by atoms with Crippen molar-refractivity contribution in [3.63, 3.8) is 0 Å². The predicted molar refractivity (Wildman–Crippen MR) is 58.9 cm³/mol. The van der Waals surface area contributed by atoms with Crippen LogP contribution < -0.4 is 4.74 Å². The zero-order valence-electron chi connectivity index (χ0n) is 10.0. The van der Waals surface area contributed by atoms with Crippen molar-refractivity contribution in [1.29, 1.82) is 0 Å². The van der Waals surface area contributed by atoms with Gasteiger partial charge in [0, 0.05) is 12.7 Å². The van der Waals surface area contributed by atoms with E-state index in [9.17, 15) is 9.50 Å². The fourth-order valence-electron chi connectivity index (χ4n) is 1.55. The van der Waals surface area contributed by atoms with Crippen LogP contribution in [0, 0.1) is 5.82 Å². The van der Waals surface area contributed by atoms with Crippen molar-refractivity contribution < 1.29 is 19.0 Å². The zero-order valence-corrected chi connectivity index (χ0v) is 10.0. The Bertz CT molecular complexity index is 369. The van der Waals surface area contributed by atoms with Crippen LogP contribution in [0.1, 0.15) is 25.0 Å². The van der Waals surface area contributed by atoms with Crippen LogP contribution in [-0.2, 0) is 16.9 Å². The lowest BCUT2D eigenvalue weighted by molar-refractivity contribution is 0.0736. The largest absolute Gasteiger partial charge is 0.496 e. The van der Waals surface area contributed by atoms with Gasteiger partial charge in [-0.2, -0.15) is 0 Å². The summed E-state index contributed by atoms with van der Waals surface area (Å²) in [7, 11) is 2.95. The Labute approximate surface area is 94.8 Å². The van der Waals surface area contributed by atoms with Gasteiger partial charge in [0.2, 0.25) is 0 Å². The topological polar surface area (TPSA) is 38.7 Å². The Balaban J connectivity index is 3.32. The fourth-order valence-corrected chi connectivity index (χ4v) is 1.55. The smallest absolute Gasteiger partial charge is 0.138 e. The van der Waals surface area contributed by atoms with Gasteiger partial charge in [-0.25, -0.2) is 4.39 Å². The summed E-state index contributed by atoms with van der Waals surface area (Å²) >= 11 is 0. The number of benzene rings is 1. The minimum Gasteiger partial charge on any atom is -0.496 e. The Morgan fingerprint density at radius 2 is 1.94 bits per heavy atom. The average molecular weight is 228 g/mol. The van der Waals surface area contributed by atoms with E-state index in [1.54, 1.807) is 6.07 Å². The molecule has 0 aliphatic heterocycles. The molecule has 90 valence electrons. The van der Waals surface area contributed by atoms with Crippen LogP contribution in [0.25, 0.3) is 0 Å². The van der Waals surface area contributed by atoms with Crippen LogP contribution in [0.2, 0.25) is 0 Å². The third-order valence-corrected chi connectivity index (χ3v) is 2.37. The maximum absolute atomic E-state index is 14.1. The molecule has 1 N–H and O–H groups in total. The van der Waals surface area contributed by atoms with Crippen LogP contribution in [0.5, 0.6) is 5.75 Å². The van der Waals surface area contributed by atoms with Gasteiger partial charge in [-0.1, -0.05) is 0 Å². The Kier molecular flexibility index (Phi) is 3.88. The first kappa shape index (κ1) is 12.9. The number of rotatable bonds is 4. The lowest BCUT2D eigenvalue weighted by atomic mass is 9.95. The quantitative estimate of drug-likeness (QED) is 0.858. The first-order valence-corrected chi connectivity index (χ1v) is 4.99. The molecule has 0 amide bonds. The Morgan fingerprint density at radius 3 is 2.38 bits per heavy atom. The summed E-state index contributed by atoms with van der Waals surface area (Å²) in [5, 5.41) is 9.80. The molecule has 0 bridgehead atoms. The maximum atomic E-state index is 14.1. The fraction of sp³-hybridized carbons (Fsp3) is 0.500. The lowest BCUT2D eigenvalue weighted by Crippen LogP contribution is -2.19. The molecule has 0 aliphatic carbocycles. The summed E-state index contributed by atoms with van der Waals surface area (Å²) in [6.45, 7) is 3.18. The lowest BCUT2D eigenvalue weighted by Gasteiger charge is -2.21. The number of ether oxygens (including phenoxy) is 2. The molecule has 0 heterocycles. The van der Waals surface area contributed by atoms with Crippen molar-refractivity contribution >= 4 is 0 Å². The molecule has 1 aromatic carbocycles. The molecule has 0 unspecified atom stereocenters. The van der Waals surface area contributed by atoms with Gasteiger partial charge < -0.3 is 14.6 Å². The first-order valence-electron chi connectivity index (χ1n) is 4.99. The monoisotopic (exact) mass is 228 g/mol. The second-order valence-electron chi connectivity index (χ2n) is 4.10. The standard InChI is InChI=1S/C12H17FO3/c1-12(2,14)9-5-6-10(16-4)8(7-15-3)11(9)13/h5-6,14H,7H2,1-4H3. The van der Waals surface area contributed by atoms with Crippen molar-refractivity contribution in [2.75, 3.05) is 14.2 Å². The summed E-state index contributed by atoms with van der Waals surface area (Å²) in [4.78, 5) is 0. The number of methoxy groups -OCH3 is 2. The second kappa shape index (κ2) is 4.80. The molecule has 3 nitrogen and oxygen atoms in total. The van der Waals surface area contributed by atoms with Crippen LogP contribution in [0.15, 0.2) is 12.1 Å². The van der Waals surface area contributed by atoms with Crippen molar-refractivity contribution in [1.82, 2.24) is 0 Å². The van der Waals surface area contributed by atoms with Crippen LogP contribution in [0.3, 0.4) is 0 Å². The number of hydrogen-bond acceptors (Lipinski definition) is 3. The summed E-state index contributed by atoms with van der Waals surface area (Å²) in [6, 6.07) is 3.15. The molecule has 0 fully saturated rings. The van der Waals surface area contributed by atoms with Crippen LogP contribution >= 0.6 is 0 Å². The van der Waals surface area contributed by atoms with Gasteiger partial charge in [0.05, 0.1) is 24.9 Å². The summed E-state index contributed by atoms with van der Waals surface area (Å²) in [6.07, 6.45) is 0. The Hall–Kier alpha value is -1.13. The van der Waals surface area contributed by atoms with Crippen LogP contribution in [0.4, 0.5) is 4.39 Å². The molecule has 0 saturated heterocycles. The highest BCUT2D eigenvalue weighted by molar-refractivity contribution is 5.40. The van der Waals surface area contributed by atoms with Gasteiger partial charge in [-0.15, -0.1) is 0 Å². The van der Waals surface area contributed by atoms with E-state index in [4.69, 9.17) is 9.47 Å². The summed E-state index contributed by atoms with van der Waals surface area (Å²) < 4.78 is 24.0. The van der Waals surface area contributed by atoms with Gasteiger partial charge in [0.25, 0.3) is 0 Å². The minimum atomic E-state index is -1.22. The molecule has 0 atom stereocenters. The molecule has 0 spiro atoms. The average Bonchev–Trinajstić information content (AvgIpc) is 2.19. The Morgan fingerprint density at radius 1 is 1.31 bits per heavy atom. The van der Waals surface area contributed by atoms with E-state index in [1.807, 2.05) is 0 Å². The third kappa shape index (κ3) is 2.51. The van der Waals surface area contributed by atoms with E-state index in [2.05, 4.69) is 0 Å². The van der Waals surface area contributed by atoms with E-state index in [-0.39, 0.29) is 12.2 Å². The number of hydrogen-bond donors (Lipinski definition) is 1. The first-order chi connectivity index (χ1) is 7.41. The van der Waals surface area contributed by atoms with Crippen molar-refractivity contribution in [2.24, 2.45) is 0 Å². The molecule has 1 aromatic rings. The molecule has 1 rings (SSSR count). The van der Waals surface area contributed by atoms with Gasteiger partial charge in [0.1, 0.15) is 11.6 Å². The minimum absolute atomic E-state index is 0.110. The maximum Gasteiger partial charge on any atom is 0.138 e. The van der Waals surface area contributed by atoms with Gasteiger partial charge in [-0.05, 0) is 26.0 Å². The van der Waals surface area contributed by atoms with E-state index in [0.29, 0.717) is 11.3 Å². The number of aliphatic hydroxyl groups is 1. The molecule has 4 heteroatoms. The molecule has 0 aliphatic rings. The van der Waals surface area contributed by atoms with E-state index in [1.165, 1.54) is 34.1 Å². The van der Waals surface area contributed by atoms with Gasteiger partial charge in [0.15, 0.2) is 0 Å². The molecule has 0 aromatic heterocycles. The van der Waals surface area contributed by atoms with Crippen molar-refractivity contribution in [3.05, 3.63) is 29.1 Å². The van der Waals surface area contributed by atoms with E-state index in [0.717, 1.165) is 0 Å². The van der Waals surface area contributed by atoms with Crippen LogP contribution in [-0.4, -0.2) is 19.3 Å². The highest BCUT2D eigenvalue weighted by Crippen LogP contribution is 2.30. The molecule has 0 saturated carbocycles. The molecule has 0 radical (unpaired) electrons. The molecular formula is C12H17FO3. The van der Waals surface area contributed by atoms with E-state index < -0.39 is 11.4 Å². The highest BCUT2D eigenvalue weighted by atomic mass is 19.1. The predicted octanol–water partition coefficient (Wildman–Crippen LogP) is 2.21. The summed E-state index contributed by atoms with van der Waals surface area (Å²) in [5.74, 6) is -0.0546. The second-order valence-corrected chi connectivity index (χ2v) is 4.10. The molecular weight excluding hydrogens is 211 g/mol. The molecule has 16 heavy (non-hydrogen) atoms. The number of halogens is 1. The van der Waals surface area contributed by atoms with Gasteiger partial charge in [-0.3, -0.25) is 0 Å². The van der Waals surface area contributed by atoms with Crippen molar-refractivity contribution in [3.8, 4) is 5.75 Å². The van der Waals surface area contributed by atoms with Crippen molar-refractivity contribution in [2.45, 2.75) is 26.1 Å². The third-order valence-electron chi connectivity index (χ3n) is 2.37. The van der Waals surface area contributed by atoms with E-state index >= 15 is 0 Å². The SMILES string of the molecule is COCc1c(OC)ccc(C(C)(C)O)c1F. The normalized spacial score (nSPS) is 11.6. The van der Waals surface area contributed by atoms with Gasteiger partial charge >= 0.3 is 0 Å². The highest BCUT2D eigenvalue weighted by Gasteiger charge is 2.24.